The molecular formula is C11H16N2O3S. The number of ether oxygens (including phenoxy) is 1. The Balaban J connectivity index is 1.95. The number of thioether (sulfide) groups is 1. The fourth-order valence-electron chi connectivity index (χ4n) is 1.84. The van der Waals surface area contributed by atoms with Crippen LogP contribution in [0.15, 0.2) is 16.7 Å². The molecule has 2 atom stereocenters. The summed E-state index contributed by atoms with van der Waals surface area (Å²) < 4.78 is 10.6. The van der Waals surface area contributed by atoms with Crippen molar-refractivity contribution in [1.29, 1.82) is 0 Å². The van der Waals surface area contributed by atoms with Gasteiger partial charge in [-0.25, -0.2) is 5.84 Å². The van der Waals surface area contributed by atoms with Crippen LogP contribution in [0.5, 0.6) is 0 Å². The van der Waals surface area contributed by atoms with E-state index in [1.807, 2.05) is 0 Å². The molecule has 0 aromatic carbocycles. The van der Waals surface area contributed by atoms with Crippen LogP contribution in [-0.2, 0) is 10.5 Å². The van der Waals surface area contributed by atoms with Gasteiger partial charge in [-0.05, 0) is 19.4 Å². The number of nitrogens with one attached hydrogen (secondary N) is 1. The molecule has 1 aliphatic rings. The van der Waals surface area contributed by atoms with Crippen molar-refractivity contribution in [2.24, 2.45) is 5.84 Å². The summed E-state index contributed by atoms with van der Waals surface area (Å²) in [4.78, 5) is 11.4. The second-order valence-electron chi connectivity index (χ2n) is 3.96. The number of nitrogen functional groups attached to an aromatic ring is 1. The minimum Gasteiger partial charge on any atom is -0.459 e. The summed E-state index contributed by atoms with van der Waals surface area (Å²) in [7, 11) is 0. The van der Waals surface area contributed by atoms with Crippen molar-refractivity contribution >= 4 is 17.7 Å². The van der Waals surface area contributed by atoms with E-state index in [4.69, 9.17) is 15.0 Å². The molecule has 1 amide bonds. The fraction of sp³-hybridized carbons (Fsp3) is 0.545. The molecule has 94 valence electrons. The van der Waals surface area contributed by atoms with Gasteiger partial charge in [-0.3, -0.25) is 10.2 Å². The Kier molecular flexibility index (Phi) is 4.09. The highest BCUT2D eigenvalue weighted by atomic mass is 32.2. The average molecular weight is 256 g/mol. The topological polar surface area (TPSA) is 77.5 Å². The molecule has 2 heterocycles. The highest BCUT2D eigenvalue weighted by Gasteiger charge is 2.25. The first kappa shape index (κ1) is 12.5. The van der Waals surface area contributed by atoms with Crippen molar-refractivity contribution in [3.05, 3.63) is 23.7 Å². The molecule has 2 unspecified atom stereocenters. The van der Waals surface area contributed by atoms with Gasteiger partial charge in [0.2, 0.25) is 0 Å². The van der Waals surface area contributed by atoms with Gasteiger partial charge in [-0.2, -0.15) is 11.8 Å². The van der Waals surface area contributed by atoms with Crippen molar-refractivity contribution in [2.75, 3.05) is 6.61 Å². The Morgan fingerprint density at radius 1 is 1.71 bits per heavy atom. The molecule has 0 saturated carbocycles. The zero-order valence-electron chi connectivity index (χ0n) is 9.64. The third-order valence-corrected chi connectivity index (χ3v) is 4.37. The monoisotopic (exact) mass is 256 g/mol. The molecule has 0 bridgehead atoms. The molecule has 1 fully saturated rings. The maximum absolute atomic E-state index is 11.4. The Morgan fingerprint density at radius 3 is 3.18 bits per heavy atom. The van der Waals surface area contributed by atoms with Crippen LogP contribution in [0.4, 0.5) is 0 Å². The minimum atomic E-state index is -0.388. The van der Waals surface area contributed by atoms with Crippen LogP contribution in [-0.4, -0.2) is 23.9 Å². The second kappa shape index (κ2) is 5.57. The highest BCUT2D eigenvalue weighted by molar-refractivity contribution is 7.99. The third-order valence-electron chi connectivity index (χ3n) is 2.84. The number of carbonyl (C=O) groups excluding carboxylic acids is 1. The Hall–Kier alpha value is -0.980. The van der Waals surface area contributed by atoms with Crippen molar-refractivity contribution in [3.63, 3.8) is 0 Å². The van der Waals surface area contributed by atoms with Gasteiger partial charge in [-0.1, -0.05) is 0 Å². The van der Waals surface area contributed by atoms with Crippen molar-refractivity contribution < 1.29 is 13.9 Å². The van der Waals surface area contributed by atoms with Crippen LogP contribution < -0.4 is 11.3 Å². The van der Waals surface area contributed by atoms with E-state index in [0.29, 0.717) is 11.0 Å². The first-order chi connectivity index (χ1) is 8.22. The van der Waals surface area contributed by atoms with Gasteiger partial charge >= 0.3 is 5.91 Å². The lowest BCUT2D eigenvalue weighted by Crippen LogP contribution is -2.30. The van der Waals surface area contributed by atoms with Crippen LogP contribution in [0.1, 0.15) is 29.5 Å². The van der Waals surface area contributed by atoms with Gasteiger partial charge in [-0.15, -0.1) is 0 Å². The molecule has 0 radical (unpaired) electrons. The molecular weight excluding hydrogens is 240 g/mol. The Labute approximate surface area is 104 Å². The molecule has 1 aromatic heterocycles. The molecule has 1 aromatic rings. The lowest BCUT2D eigenvalue weighted by atomic mass is 10.2. The van der Waals surface area contributed by atoms with Crippen LogP contribution in [0.2, 0.25) is 0 Å². The number of hydrogen-bond donors (Lipinski definition) is 2. The van der Waals surface area contributed by atoms with Gasteiger partial charge in [0.05, 0.1) is 12.4 Å². The van der Waals surface area contributed by atoms with Crippen LogP contribution in [0.3, 0.4) is 0 Å². The zero-order chi connectivity index (χ0) is 12.3. The molecule has 3 N–H and O–H groups in total. The number of rotatable bonds is 4. The van der Waals surface area contributed by atoms with E-state index < -0.39 is 0 Å². The molecule has 0 aliphatic carbocycles. The summed E-state index contributed by atoms with van der Waals surface area (Å²) in [6.07, 6.45) is 2.84. The summed E-state index contributed by atoms with van der Waals surface area (Å²) in [5, 5.41) is 0.485. The average Bonchev–Trinajstić information content (AvgIpc) is 2.94. The molecule has 2 rings (SSSR count). The molecule has 6 heteroatoms. The molecule has 1 saturated heterocycles. The van der Waals surface area contributed by atoms with E-state index in [9.17, 15) is 4.79 Å². The predicted molar refractivity (Wildman–Crippen MR) is 65.5 cm³/mol. The molecule has 1 aliphatic heterocycles. The lowest BCUT2D eigenvalue weighted by molar-refractivity contribution is 0.0925. The number of nitrogens with two attached hydrogens (primary N) is 1. The number of amides is 1. The first-order valence-electron chi connectivity index (χ1n) is 5.53. The largest absolute Gasteiger partial charge is 0.459 e. The number of furan rings is 1. The molecule has 17 heavy (non-hydrogen) atoms. The van der Waals surface area contributed by atoms with Crippen molar-refractivity contribution in [1.82, 2.24) is 5.43 Å². The quantitative estimate of drug-likeness (QED) is 0.482. The van der Waals surface area contributed by atoms with Gasteiger partial charge in [0, 0.05) is 23.2 Å². The number of hydrogen-bond acceptors (Lipinski definition) is 5. The zero-order valence-corrected chi connectivity index (χ0v) is 10.5. The van der Waals surface area contributed by atoms with E-state index in [-0.39, 0.29) is 12.0 Å². The van der Waals surface area contributed by atoms with Crippen LogP contribution in [0, 0.1) is 0 Å². The van der Waals surface area contributed by atoms with E-state index in [2.05, 4.69) is 12.3 Å². The van der Waals surface area contributed by atoms with Crippen LogP contribution >= 0.6 is 11.8 Å². The molecule has 0 spiro atoms. The SMILES string of the molecule is CC1OCCC1SCc1ccoc1C(=O)NN. The van der Waals surface area contributed by atoms with Gasteiger partial charge in [0.25, 0.3) is 0 Å². The minimum absolute atomic E-state index is 0.277. The standard InChI is InChI=1S/C11H16N2O3S/c1-7-9(3-5-15-7)17-6-8-2-4-16-10(8)11(14)13-12/h2,4,7,9H,3,5-6,12H2,1H3,(H,13,14). The summed E-state index contributed by atoms with van der Waals surface area (Å²) in [5.74, 6) is 5.73. The van der Waals surface area contributed by atoms with Gasteiger partial charge in [0.1, 0.15) is 0 Å². The summed E-state index contributed by atoms with van der Waals surface area (Å²) in [5.41, 5.74) is 2.95. The maximum Gasteiger partial charge on any atom is 0.301 e. The van der Waals surface area contributed by atoms with E-state index in [1.54, 1.807) is 17.8 Å². The highest BCUT2D eigenvalue weighted by Crippen LogP contribution is 2.30. The number of hydrazine groups is 1. The number of carbonyl (C=O) groups is 1. The second-order valence-corrected chi connectivity index (χ2v) is 5.19. The predicted octanol–water partition coefficient (Wildman–Crippen LogP) is 1.29. The maximum atomic E-state index is 11.4. The fourth-order valence-corrected chi connectivity index (χ4v) is 3.08. The lowest BCUT2D eigenvalue weighted by Gasteiger charge is -2.12. The third kappa shape index (κ3) is 2.83. The van der Waals surface area contributed by atoms with E-state index >= 15 is 0 Å². The van der Waals surface area contributed by atoms with E-state index in [0.717, 1.165) is 24.3 Å². The van der Waals surface area contributed by atoms with E-state index in [1.165, 1.54) is 6.26 Å². The van der Waals surface area contributed by atoms with Crippen molar-refractivity contribution in [2.45, 2.75) is 30.5 Å². The Bertz CT molecular complexity index is 394. The Morgan fingerprint density at radius 2 is 2.53 bits per heavy atom. The summed E-state index contributed by atoms with van der Waals surface area (Å²) in [6.45, 7) is 2.90. The van der Waals surface area contributed by atoms with Gasteiger partial charge in [0.15, 0.2) is 5.76 Å². The van der Waals surface area contributed by atoms with Gasteiger partial charge < -0.3 is 9.15 Å². The summed E-state index contributed by atoms with van der Waals surface area (Å²) >= 11 is 1.79. The smallest absolute Gasteiger partial charge is 0.301 e. The molecule has 5 nitrogen and oxygen atoms in total. The normalized spacial score (nSPS) is 23.9. The first-order valence-corrected chi connectivity index (χ1v) is 6.57. The summed E-state index contributed by atoms with van der Waals surface area (Å²) in [6, 6.07) is 1.80. The van der Waals surface area contributed by atoms with Crippen molar-refractivity contribution in [3.8, 4) is 0 Å². The van der Waals surface area contributed by atoms with Crippen LogP contribution in [0.25, 0.3) is 0 Å².